The lowest BCUT2D eigenvalue weighted by molar-refractivity contribution is 0.305. The first-order valence-electron chi connectivity index (χ1n) is 3.15. The average Bonchev–Trinajstić information content (AvgIpc) is 1.89. The van der Waals surface area contributed by atoms with Crippen LogP contribution in [0, 0.1) is 5.41 Å². The van der Waals surface area contributed by atoms with Gasteiger partial charge in [-0.05, 0) is 12.5 Å². The maximum absolute atomic E-state index is 6.99. The summed E-state index contributed by atoms with van der Waals surface area (Å²) >= 11 is 0. The minimum absolute atomic E-state index is 0.185. The molecule has 0 atom stereocenters. The van der Waals surface area contributed by atoms with Crippen molar-refractivity contribution in [2.45, 2.75) is 12.5 Å². The Hall–Kier alpha value is -0.573. The summed E-state index contributed by atoms with van der Waals surface area (Å²) in [6, 6.07) is 1.24. The van der Waals surface area contributed by atoms with Crippen molar-refractivity contribution >= 4 is 16.1 Å². The van der Waals surface area contributed by atoms with E-state index in [2.05, 4.69) is 6.58 Å². The Bertz CT molecular complexity index is 103. The van der Waals surface area contributed by atoms with Crippen LogP contribution >= 0.6 is 0 Å². The second kappa shape index (κ2) is 5.56. The van der Waals surface area contributed by atoms with Crippen molar-refractivity contribution in [1.82, 2.24) is 0 Å². The Morgan fingerprint density at radius 3 is 2.89 bits per heavy atom. The van der Waals surface area contributed by atoms with Crippen LogP contribution in [0.25, 0.3) is 0 Å². The molecule has 0 rings (SSSR count). The second-order valence-corrected chi connectivity index (χ2v) is 2.77. The molecule has 0 radical (unpaired) electrons. The summed E-state index contributed by atoms with van der Waals surface area (Å²) in [7, 11) is 1.22. The van der Waals surface area contributed by atoms with E-state index in [4.69, 9.17) is 10.1 Å². The molecule has 2 nitrogen and oxygen atoms in total. The minimum atomic E-state index is 0.185. The van der Waals surface area contributed by atoms with Gasteiger partial charge in [0.2, 0.25) is 5.90 Å². The van der Waals surface area contributed by atoms with Crippen LogP contribution in [0.2, 0.25) is 6.04 Å². The van der Waals surface area contributed by atoms with Gasteiger partial charge in [-0.25, -0.2) is 0 Å². The van der Waals surface area contributed by atoms with Gasteiger partial charge in [0.1, 0.15) is 0 Å². The molecule has 1 N–H and O–H groups in total. The largest absolute Gasteiger partial charge is 0.478 e. The van der Waals surface area contributed by atoms with E-state index in [0.717, 1.165) is 6.42 Å². The third kappa shape index (κ3) is 5.30. The average molecular weight is 143 g/mol. The van der Waals surface area contributed by atoms with Gasteiger partial charge in [-0.15, -0.1) is 0 Å². The zero-order valence-electron chi connectivity index (χ0n) is 5.81. The van der Waals surface area contributed by atoms with Crippen LogP contribution in [0.1, 0.15) is 6.42 Å². The third-order valence-electron chi connectivity index (χ3n) is 0.941. The lowest BCUT2D eigenvalue weighted by atomic mass is 10.5. The van der Waals surface area contributed by atoms with Gasteiger partial charge in [-0.1, -0.05) is 12.6 Å². The number of rotatable bonds is 4. The quantitative estimate of drug-likeness (QED) is 0.262. The molecule has 0 aliphatic carbocycles. The first kappa shape index (κ1) is 8.43. The Labute approximate surface area is 58.8 Å². The molecule has 52 valence electrons. The molecule has 0 saturated carbocycles. The van der Waals surface area contributed by atoms with Crippen LogP contribution in [0.3, 0.4) is 0 Å². The summed E-state index contributed by atoms with van der Waals surface area (Å²) in [5.41, 5.74) is 0. The second-order valence-electron chi connectivity index (χ2n) is 1.77. The van der Waals surface area contributed by atoms with Crippen molar-refractivity contribution in [2.75, 3.05) is 6.61 Å². The van der Waals surface area contributed by atoms with Crippen molar-refractivity contribution < 1.29 is 4.74 Å². The number of hydrogen-bond acceptors (Lipinski definition) is 2. The van der Waals surface area contributed by atoms with Gasteiger partial charge in [0.25, 0.3) is 0 Å². The lowest BCUT2D eigenvalue weighted by Crippen LogP contribution is -2.00. The fourth-order valence-corrected chi connectivity index (χ4v) is 0.674. The van der Waals surface area contributed by atoms with Crippen molar-refractivity contribution in [3.8, 4) is 0 Å². The zero-order chi connectivity index (χ0) is 7.11. The Morgan fingerprint density at radius 1 is 1.78 bits per heavy atom. The van der Waals surface area contributed by atoms with E-state index >= 15 is 0 Å². The summed E-state index contributed by atoms with van der Waals surface area (Å²) < 4.78 is 4.92. The van der Waals surface area contributed by atoms with Gasteiger partial charge in [0.15, 0.2) is 0 Å². The fraction of sp³-hybridized carbons (Fsp3) is 0.500. The van der Waals surface area contributed by atoms with Crippen molar-refractivity contribution in [2.24, 2.45) is 0 Å². The fourth-order valence-electron chi connectivity index (χ4n) is 0.385. The van der Waals surface area contributed by atoms with E-state index in [-0.39, 0.29) is 5.90 Å². The molecule has 0 aromatic carbocycles. The van der Waals surface area contributed by atoms with E-state index in [1.54, 1.807) is 0 Å². The summed E-state index contributed by atoms with van der Waals surface area (Å²) in [6.45, 7) is 4.07. The Kier molecular flexibility index (Phi) is 5.21. The summed E-state index contributed by atoms with van der Waals surface area (Å²) in [4.78, 5) is 0. The molecule has 0 aromatic rings. The molecular formula is C6H13NOSi. The number of nitrogens with one attached hydrogen (secondary N) is 1. The van der Waals surface area contributed by atoms with E-state index in [0.29, 0.717) is 6.61 Å². The van der Waals surface area contributed by atoms with E-state index < -0.39 is 0 Å². The van der Waals surface area contributed by atoms with Crippen LogP contribution in [0.15, 0.2) is 12.7 Å². The molecule has 0 amide bonds. The van der Waals surface area contributed by atoms with Crippen LogP contribution in [-0.2, 0) is 4.74 Å². The lowest BCUT2D eigenvalue weighted by Gasteiger charge is -2.00. The smallest absolute Gasteiger partial charge is 0.205 e. The van der Waals surface area contributed by atoms with E-state index in [9.17, 15) is 0 Å². The minimum Gasteiger partial charge on any atom is -0.478 e. The van der Waals surface area contributed by atoms with Crippen LogP contribution < -0.4 is 0 Å². The van der Waals surface area contributed by atoms with Gasteiger partial charge in [0, 0.05) is 10.2 Å². The summed E-state index contributed by atoms with van der Waals surface area (Å²) in [5, 5.41) is 6.99. The highest BCUT2D eigenvalue weighted by Gasteiger charge is 1.87. The molecule has 0 heterocycles. The SMILES string of the molecule is C=CC(=N)OCCC[SiH3]. The zero-order valence-corrected chi connectivity index (χ0v) is 7.81. The van der Waals surface area contributed by atoms with Gasteiger partial charge in [-0.2, -0.15) is 0 Å². The summed E-state index contributed by atoms with van der Waals surface area (Å²) in [6.07, 6.45) is 2.48. The first-order valence-corrected chi connectivity index (χ1v) is 4.56. The van der Waals surface area contributed by atoms with Gasteiger partial charge in [0.05, 0.1) is 6.61 Å². The molecule has 0 saturated heterocycles. The number of ether oxygens (including phenoxy) is 1. The highest BCUT2D eigenvalue weighted by Crippen LogP contribution is 1.87. The van der Waals surface area contributed by atoms with Crippen molar-refractivity contribution in [3.63, 3.8) is 0 Å². The predicted molar refractivity (Wildman–Crippen MR) is 43.2 cm³/mol. The van der Waals surface area contributed by atoms with Crippen molar-refractivity contribution in [1.29, 1.82) is 5.41 Å². The maximum atomic E-state index is 6.99. The topological polar surface area (TPSA) is 33.1 Å². The van der Waals surface area contributed by atoms with Gasteiger partial charge >= 0.3 is 0 Å². The summed E-state index contributed by atoms with van der Waals surface area (Å²) in [5.74, 6) is 0.185. The van der Waals surface area contributed by atoms with Crippen LogP contribution in [0.4, 0.5) is 0 Å². The standard InChI is InChI=1S/C6H13NOSi/c1-2-6(7)8-4-3-5-9/h2,7H,1,3-5H2,9H3. The first-order chi connectivity index (χ1) is 4.31. The van der Waals surface area contributed by atoms with E-state index in [1.807, 2.05) is 0 Å². The molecule has 0 unspecified atom stereocenters. The number of hydrogen-bond donors (Lipinski definition) is 1. The molecule has 3 heteroatoms. The van der Waals surface area contributed by atoms with Crippen LogP contribution in [0.5, 0.6) is 0 Å². The van der Waals surface area contributed by atoms with Crippen molar-refractivity contribution in [3.05, 3.63) is 12.7 Å². The van der Waals surface area contributed by atoms with E-state index in [1.165, 1.54) is 22.4 Å². The Balaban J connectivity index is 3.07. The monoisotopic (exact) mass is 143 g/mol. The predicted octanol–water partition coefficient (Wildman–Crippen LogP) is 0.340. The van der Waals surface area contributed by atoms with Gasteiger partial charge in [-0.3, -0.25) is 5.41 Å². The molecule has 0 fully saturated rings. The molecule has 9 heavy (non-hydrogen) atoms. The highest BCUT2D eigenvalue weighted by molar-refractivity contribution is 6.08. The third-order valence-corrected chi connectivity index (χ3v) is 1.65. The molecule has 0 aliphatic heterocycles. The Morgan fingerprint density at radius 2 is 2.44 bits per heavy atom. The normalized spacial score (nSPS) is 8.89. The maximum Gasteiger partial charge on any atom is 0.205 e. The molecule has 0 aliphatic rings. The molecular weight excluding hydrogens is 130 g/mol. The highest BCUT2D eigenvalue weighted by atomic mass is 28.1. The molecule has 0 spiro atoms. The van der Waals surface area contributed by atoms with Crippen LogP contribution in [-0.4, -0.2) is 22.7 Å². The molecule has 0 bridgehead atoms. The molecule has 0 aromatic heterocycles. The van der Waals surface area contributed by atoms with Gasteiger partial charge < -0.3 is 4.74 Å².